The lowest BCUT2D eigenvalue weighted by molar-refractivity contribution is -0.380. The lowest BCUT2D eigenvalue weighted by Crippen LogP contribution is -2.26. The van der Waals surface area contributed by atoms with Crippen LogP contribution >= 0.6 is 11.3 Å². The highest BCUT2D eigenvalue weighted by atomic mass is 32.1. The predicted octanol–water partition coefficient (Wildman–Crippen LogP) is 1.34. The molecule has 0 aliphatic carbocycles. The van der Waals surface area contributed by atoms with Crippen LogP contribution in [0.2, 0.25) is 0 Å². The average molecular weight is 272 g/mol. The number of carbonyl (C=O) groups excluding carboxylic acids is 2. The van der Waals surface area contributed by atoms with E-state index < -0.39 is 16.8 Å². The van der Waals surface area contributed by atoms with Crippen LogP contribution in [0.15, 0.2) is 11.4 Å². The molecule has 0 atom stereocenters. The van der Waals surface area contributed by atoms with Gasteiger partial charge in [-0.2, -0.15) is 0 Å². The number of hydrogen-bond donors (Lipinski definition) is 1. The SMILES string of the molecule is CCOC(=O)CCNC(=O)c1csc([N+](=O)[O-])c1. The van der Waals surface area contributed by atoms with E-state index in [0.29, 0.717) is 6.61 Å². The number of rotatable bonds is 6. The zero-order chi connectivity index (χ0) is 13.5. The number of nitro groups is 1. The van der Waals surface area contributed by atoms with Gasteiger partial charge in [-0.15, -0.1) is 0 Å². The van der Waals surface area contributed by atoms with Gasteiger partial charge in [-0.25, -0.2) is 0 Å². The first kappa shape index (κ1) is 14.1. The fraction of sp³-hybridized carbons (Fsp3) is 0.400. The van der Waals surface area contributed by atoms with E-state index in [9.17, 15) is 19.7 Å². The summed E-state index contributed by atoms with van der Waals surface area (Å²) in [6, 6.07) is 1.20. The molecular weight excluding hydrogens is 260 g/mol. The minimum Gasteiger partial charge on any atom is -0.466 e. The lowest BCUT2D eigenvalue weighted by Gasteiger charge is -2.03. The largest absolute Gasteiger partial charge is 0.466 e. The van der Waals surface area contributed by atoms with Gasteiger partial charge in [0.15, 0.2) is 0 Å². The van der Waals surface area contributed by atoms with Gasteiger partial charge in [0.2, 0.25) is 0 Å². The second-order valence-corrected chi connectivity index (χ2v) is 4.13. The van der Waals surface area contributed by atoms with Crippen LogP contribution in [0, 0.1) is 10.1 Å². The Labute approximate surface area is 107 Å². The maximum Gasteiger partial charge on any atom is 0.324 e. The number of esters is 1. The monoisotopic (exact) mass is 272 g/mol. The van der Waals surface area contributed by atoms with Crippen molar-refractivity contribution < 1.29 is 19.2 Å². The van der Waals surface area contributed by atoms with Crippen LogP contribution in [0.3, 0.4) is 0 Å². The number of thiophene rings is 1. The van der Waals surface area contributed by atoms with Gasteiger partial charge in [-0.1, -0.05) is 11.3 Å². The number of nitrogens with zero attached hydrogens (tertiary/aromatic N) is 1. The minimum absolute atomic E-state index is 0.0752. The molecule has 0 fully saturated rings. The molecule has 0 bridgehead atoms. The van der Waals surface area contributed by atoms with Gasteiger partial charge < -0.3 is 10.1 Å². The maximum atomic E-state index is 11.5. The van der Waals surface area contributed by atoms with Crippen LogP contribution in [0.5, 0.6) is 0 Å². The Kier molecular flexibility index (Phi) is 5.25. The first-order valence-electron chi connectivity index (χ1n) is 5.21. The third-order valence-corrected chi connectivity index (χ3v) is 2.83. The van der Waals surface area contributed by atoms with Gasteiger partial charge in [0.1, 0.15) is 0 Å². The van der Waals surface area contributed by atoms with E-state index in [0.717, 1.165) is 11.3 Å². The number of hydrogen-bond acceptors (Lipinski definition) is 6. The summed E-state index contributed by atoms with van der Waals surface area (Å²) in [6.07, 6.45) is 0.0752. The summed E-state index contributed by atoms with van der Waals surface area (Å²) >= 11 is 0.882. The van der Waals surface area contributed by atoms with E-state index in [2.05, 4.69) is 10.1 Å². The Bertz CT molecular complexity index is 457. The summed E-state index contributed by atoms with van der Waals surface area (Å²) in [5.74, 6) is -0.835. The molecule has 1 rings (SSSR count). The topological polar surface area (TPSA) is 98.5 Å². The summed E-state index contributed by atoms with van der Waals surface area (Å²) in [5.41, 5.74) is 0.218. The van der Waals surface area contributed by atoms with Gasteiger partial charge in [-0.3, -0.25) is 19.7 Å². The zero-order valence-electron chi connectivity index (χ0n) is 9.67. The Hall–Kier alpha value is -1.96. The fourth-order valence-electron chi connectivity index (χ4n) is 1.15. The summed E-state index contributed by atoms with van der Waals surface area (Å²) in [7, 11) is 0. The molecule has 1 aromatic heterocycles. The second-order valence-electron chi connectivity index (χ2n) is 3.24. The maximum absolute atomic E-state index is 11.5. The van der Waals surface area contributed by atoms with E-state index in [1.165, 1.54) is 11.4 Å². The van der Waals surface area contributed by atoms with Crippen molar-refractivity contribution in [1.82, 2.24) is 5.32 Å². The first-order valence-corrected chi connectivity index (χ1v) is 6.09. The summed E-state index contributed by atoms with van der Waals surface area (Å²) < 4.78 is 4.69. The predicted molar refractivity (Wildman–Crippen MR) is 64.6 cm³/mol. The first-order chi connectivity index (χ1) is 8.54. The normalized spacial score (nSPS) is 9.83. The van der Waals surface area contributed by atoms with E-state index >= 15 is 0 Å². The van der Waals surface area contributed by atoms with Gasteiger partial charge in [0.25, 0.3) is 5.91 Å². The molecule has 0 saturated heterocycles. The summed E-state index contributed by atoms with van der Waals surface area (Å²) in [6.45, 7) is 2.13. The van der Waals surface area contributed by atoms with Crippen molar-refractivity contribution in [3.63, 3.8) is 0 Å². The van der Waals surface area contributed by atoms with E-state index in [4.69, 9.17) is 0 Å². The van der Waals surface area contributed by atoms with Crippen molar-refractivity contribution in [3.05, 3.63) is 27.1 Å². The van der Waals surface area contributed by atoms with Gasteiger partial charge in [0, 0.05) is 18.0 Å². The van der Waals surface area contributed by atoms with Crippen LogP contribution < -0.4 is 5.32 Å². The molecular formula is C10H12N2O5S. The van der Waals surface area contributed by atoms with Crippen molar-refractivity contribution in [3.8, 4) is 0 Å². The quantitative estimate of drug-likeness (QED) is 0.478. The van der Waals surface area contributed by atoms with Crippen LogP contribution in [-0.2, 0) is 9.53 Å². The molecule has 98 valence electrons. The molecule has 18 heavy (non-hydrogen) atoms. The molecule has 0 aromatic carbocycles. The highest BCUT2D eigenvalue weighted by molar-refractivity contribution is 7.13. The number of nitrogens with one attached hydrogen (secondary N) is 1. The second kappa shape index (κ2) is 6.70. The molecule has 1 aromatic rings. The third kappa shape index (κ3) is 4.13. The van der Waals surface area contributed by atoms with Gasteiger partial charge >= 0.3 is 11.0 Å². The summed E-state index contributed by atoms with van der Waals surface area (Å²) in [4.78, 5) is 32.4. The van der Waals surface area contributed by atoms with Crippen LogP contribution in [0.25, 0.3) is 0 Å². The van der Waals surface area contributed by atoms with E-state index in [1.807, 2.05) is 0 Å². The van der Waals surface area contributed by atoms with Crippen LogP contribution in [0.1, 0.15) is 23.7 Å². The molecule has 0 aliphatic rings. The van der Waals surface area contributed by atoms with Crippen LogP contribution in [0.4, 0.5) is 5.00 Å². The standard InChI is InChI=1S/C10H12N2O5S/c1-2-17-9(13)3-4-11-10(14)7-5-8(12(15)16)18-6-7/h5-6H,2-4H2,1H3,(H,11,14). The van der Waals surface area contributed by atoms with E-state index in [-0.39, 0.29) is 23.5 Å². The minimum atomic E-state index is -0.555. The average Bonchev–Trinajstić information content (AvgIpc) is 2.78. The lowest BCUT2D eigenvalue weighted by atomic mass is 10.3. The Morgan fingerprint density at radius 3 is 2.83 bits per heavy atom. The highest BCUT2D eigenvalue weighted by Crippen LogP contribution is 2.22. The van der Waals surface area contributed by atoms with Crippen LogP contribution in [-0.4, -0.2) is 30.0 Å². The number of amides is 1. The molecule has 1 amide bonds. The highest BCUT2D eigenvalue weighted by Gasteiger charge is 2.14. The molecule has 0 spiro atoms. The molecule has 0 unspecified atom stereocenters. The van der Waals surface area contributed by atoms with E-state index in [1.54, 1.807) is 6.92 Å². The summed E-state index contributed by atoms with van der Waals surface area (Å²) in [5, 5.41) is 14.2. The molecule has 0 radical (unpaired) electrons. The van der Waals surface area contributed by atoms with Crippen molar-refractivity contribution in [2.45, 2.75) is 13.3 Å². The molecule has 0 saturated carbocycles. The van der Waals surface area contributed by atoms with Crippen molar-refractivity contribution in [1.29, 1.82) is 0 Å². The van der Waals surface area contributed by atoms with Crippen molar-refractivity contribution >= 4 is 28.2 Å². The smallest absolute Gasteiger partial charge is 0.324 e. The fourth-order valence-corrected chi connectivity index (χ4v) is 1.86. The number of carbonyl (C=O) groups is 2. The molecule has 8 heteroatoms. The Morgan fingerprint density at radius 1 is 1.56 bits per heavy atom. The molecule has 0 aliphatic heterocycles. The van der Waals surface area contributed by atoms with Crippen molar-refractivity contribution in [2.75, 3.05) is 13.2 Å². The zero-order valence-corrected chi connectivity index (χ0v) is 10.5. The Morgan fingerprint density at radius 2 is 2.28 bits per heavy atom. The van der Waals surface area contributed by atoms with Gasteiger partial charge in [-0.05, 0) is 6.92 Å². The third-order valence-electron chi connectivity index (χ3n) is 1.95. The molecule has 7 nitrogen and oxygen atoms in total. The van der Waals surface area contributed by atoms with Crippen molar-refractivity contribution in [2.24, 2.45) is 0 Å². The molecule has 1 heterocycles. The Balaban J connectivity index is 2.40. The van der Waals surface area contributed by atoms with Gasteiger partial charge in [0.05, 0.1) is 23.5 Å². The molecule has 1 N–H and O–H groups in total. The number of ether oxygens (including phenoxy) is 1.